The van der Waals surface area contributed by atoms with Crippen LogP contribution in [0.1, 0.15) is 116 Å². The van der Waals surface area contributed by atoms with Crippen molar-refractivity contribution in [3.8, 4) is 0 Å². The molecule has 6 unspecified atom stereocenters. The maximum atomic E-state index is 6.14. The second-order valence-corrected chi connectivity index (χ2v) is 24.8. The van der Waals surface area contributed by atoms with E-state index in [2.05, 4.69) is 167 Å². The highest BCUT2D eigenvalue weighted by Crippen LogP contribution is 2.67. The van der Waals surface area contributed by atoms with Gasteiger partial charge in [-0.2, -0.15) is 0 Å². The molecule has 5 aliphatic rings. The molecule has 1 aliphatic heterocycles. The molecule has 0 amide bonds. The van der Waals surface area contributed by atoms with E-state index in [-0.39, 0.29) is 16.4 Å². The third kappa shape index (κ3) is 6.61. The molecule has 0 N–H and O–H groups in total. The second kappa shape index (κ2) is 13.5. The van der Waals surface area contributed by atoms with Crippen LogP contribution in [0.25, 0.3) is 10.8 Å². The van der Waals surface area contributed by atoms with Crippen LogP contribution in [0.3, 0.4) is 0 Å². The number of nitrogens with zero attached hydrogens (tertiary/aromatic N) is 1. The summed E-state index contributed by atoms with van der Waals surface area (Å²) in [6, 6.07) is 18.4. The van der Waals surface area contributed by atoms with Crippen molar-refractivity contribution in [3.63, 3.8) is 0 Å². The molecule has 3 heteroatoms. The SMILES string of the molecule is Cc1ccc2c(c1)C1=C([Si](C)(CCCCCCOC(C)(C)C)C3C4C=C(C(C)(C)C)C=CC4C4C=CC(C(C)(C)C)=CC43)c3ccccc3C1N2C. The van der Waals surface area contributed by atoms with E-state index in [0.29, 0.717) is 35.3 Å². The van der Waals surface area contributed by atoms with Crippen molar-refractivity contribution >= 4 is 24.5 Å². The quantitative estimate of drug-likeness (QED) is 0.189. The van der Waals surface area contributed by atoms with Crippen LogP contribution in [-0.4, -0.2) is 27.3 Å². The first kappa shape index (κ1) is 37.4. The van der Waals surface area contributed by atoms with Crippen LogP contribution in [0.5, 0.6) is 0 Å². The fourth-order valence-electron chi connectivity index (χ4n) is 10.8. The Hall–Kier alpha value is -2.88. The molecular weight excluding hydrogens is 647 g/mol. The zero-order valence-electron chi connectivity index (χ0n) is 34.6. The van der Waals surface area contributed by atoms with E-state index in [1.807, 2.05) is 0 Å². The first-order valence-corrected chi connectivity index (χ1v) is 23.3. The topological polar surface area (TPSA) is 12.5 Å². The largest absolute Gasteiger partial charge is 0.376 e. The fraction of sp³-hybridized carbons (Fsp3) is 0.551. The zero-order valence-corrected chi connectivity index (χ0v) is 35.6. The molecule has 0 spiro atoms. The minimum absolute atomic E-state index is 0.0634. The Labute approximate surface area is 318 Å². The predicted octanol–water partition coefficient (Wildman–Crippen LogP) is 13.3. The van der Waals surface area contributed by atoms with Gasteiger partial charge in [0.1, 0.15) is 0 Å². The normalized spacial score (nSPS) is 27.5. The summed E-state index contributed by atoms with van der Waals surface area (Å²) >= 11 is 0. The summed E-state index contributed by atoms with van der Waals surface area (Å²) in [7, 11) is 0.0842. The lowest BCUT2D eigenvalue weighted by Gasteiger charge is -2.44. The predicted molar refractivity (Wildman–Crippen MR) is 227 cm³/mol. The molecule has 278 valence electrons. The van der Waals surface area contributed by atoms with Crippen molar-refractivity contribution in [2.24, 2.45) is 34.5 Å². The van der Waals surface area contributed by atoms with Crippen LogP contribution in [-0.2, 0) is 4.74 Å². The Morgan fingerprint density at radius 3 is 1.90 bits per heavy atom. The number of allylic oxidation sites excluding steroid dienone is 8. The molecule has 1 saturated carbocycles. The number of rotatable bonds is 9. The van der Waals surface area contributed by atoms with Gasteiger partial charge in [-0.1, -0.05) is 146 Å². The summed E-state index contributed by atoms with van der Waals surface area (Å²) in [4.78, 5) is 2.60. The minimum atomic E-state index is -2.26. The van der Waals surface area contributed by atoms with E-state index < -0.39 is 8.07 Å². The lowest BCUT2D eigenvalue weighted by Crippen LogP contribution is -2.43. The lowest BCUT2D eigenvalue weighted by molar-refractivity contribution is -0.00471. The van der Waals surface area contributed by atoms with Gasteiger partial charge >= 0.3 is 0 Å². The molecule has 2 nitrogen and oxygen atoms in total. The highest BCUT2D eigenvalue weighted by Gasteiger charge is 2.59. The summed E-state index contributed by atoms with van der Waals surface area (Å²) < 4.78 is 6.14. The summed E-state index contributed by atoms with van der Waals surface area (Å²) in [5.41, 5.74) is 12.9. The van der Waals surface area contributed by atoms with Gasteiger partial charge in [0.25, 0.3) is 0 Å². The molecule has 0 saturated heterocycles. The van der Waals surface area contributed by atoms with Gasteiger partial charge in [-0.15, -0.1) is 0 Å². The average Bonchev–Trinajstić information content (AvgIpc) is 3.68. The van der Waals surface area contributed by atoms with Gasteiger partial charge in [-0.25, -0.2) is 0 Å². The monoisotopic (exact) mass is 713 g/mol. The number of fused-ring (bicyclic) bond motifs is 8. The van der Waals surface area contributed by atoms with Crippen LogP contribution in [0.15, 0.2) is 90.1 Å². The minimum Gasteiger partial charge on any atom is -0.376 e. The van der Waals surface area contributed by atoms with Crippen LogP contribution in [0.2, 0.25) is 18.1 Å². The van der Waals surface area contributed by atoms with Crippen molar-refractivity contribution < 1.29 is 4.74 Å². The van der Waals surface area contributed by atoms with E-state index in [1.54, 1.807) is 16.3 Å². The molecule has 2 aromatic rings. The van der Waals surface area contributed by atoms with Gasteiger partial charge in [-0.05, 0) is 119 Å². The first-order valence-electron chi connectivity index (χ1n) is 20.5. The van der Waals surface area contributed by atoms with E-state index in [1.165, 1.54) is 58.8 Å². The molecule has 0 bridgehead atoms. The highest BCUT2D eigenvalue weighted by molar-refractivity contribution is 6.98. The molecular formula is C49H67NOSi. The van der Waals surface area contributed by atoms with Crippen LogP contribution in [0, 0.1) is 41.4 Å². The number of benzene rings is 2. The number of unbranched alkanes of at least 4 members (excludes halogenated alkanes) is 3. The molecule has 0 radical (unpaired) electrons. The van der Waals surface area contributed by atoms with Gasteiger partial charge in [-0.3, -0.25) is 0 Å². The maximum absolute atomic E-state index is 6.14. The number of aryl methyl sites for hydroxylation is 1. The summed E-state index contributed by atoms with van der Waals surface area (Å²) in [5, 5.41) is 1.78. The molecule has 6 atom stereocenters. The van der Waals surface area contributed by atoms with Crippen molar-refractivity contribution in [1.82, 2.24) is 0 Å². The van der Waals surface area contributed by atoms with Gasteiger partial charge in [0.15, 0.2) is 0 Å². The Bertz CT molecular complexity index is 1800. The number of ether oxygens (including phenoxy) is 1. The van der Waals surface area contributed by atoms with Gasteiger partial charge < -0.3 is 9.64 Å². The third-order valence-electron chi connectivity index (χ3n) is 13.3. The second-order valence-electron chi connectivity index (χ2n) is 20.2. The number of likely N-dealkylation sites (N-methyl/N-ethyl adjacent to an activating group) is 1. The Kier molecular flexibility index (Phi) is 9.68. The van der Waals surface area contributed by atoms with Gasteiger partial charge in [0, 0.05) is 24.9 Å². The highest BCUT2D eigenvalue weighted by atomic mass is 28.3. The Morgan fingerprint density at radius 1 is 0.712 bits per heavy atom. The maximum Gasteiger partial charge on any atom is 0.0892 e. The van der Waals surface area contributed by atoms with E-state index in [9.17, 15) is 0 Å². The molecule has 2 aromatic carbocycles. The van der Waals surface area contributed by atoms with Crippen molar-refractivity contribution in [3.05, 3.63) is 112 Å². The number of hydrogen-bond acceptors (Lipinski definition) is 2. The Balaban J connectivity index is 1.40. The van der Waals surface area contributed by atoms with Crippen molar-refractivity contribution in [2.75, 3.05) is 18.6 Å². The molecule has 52 heavy (non-hydrogen) atoms. The zero-order chi connectivity index (χ0) is 37.4. The van der Waals surface area contributed by atoms with Crippen molar-refractivity contribution in [2.45, 2.75) is 125 Å². The molecule has 1 fully saturated rings. The van der Waals surface area contributed by atoms with Crippen molar-refractivity contribution in [1.29, 1.82) is 0 Å². The lowest BCUT2D eigenvalue weighted by atomic mass is 9.74. The molecule has 4 aliphatic carbocycles. The van der Waals surface area contributed by atoms with Crippen LogP contribution in [0.4, 0.5) is 5.69 Å². The Morgan fingerprint density at radius 2 is 1.31 bits per heavy atom. The number of hydrogen-bond donors (Lipinski definition) is 0. The fourth-order valence-corrected chi connectivity index (χ4v) is 16.8. The van der Waals surface area contributed by atoms with Crippen LogP contribution >= 0.6 is 0 Å². The summed E-state index contributed by atoms with van der Waals surface area (Å²) in [6.45, 7) is 27.0. The summed E-state index contributed by atoms with van der Waals surface area (Å²) in [5.74, 6) is 2.19. The molecule has 1 heterocycles. The molecule has 7 rings (SSSR count). The van der Waals surface area contributed by atoms with Crippen LogP contribution < -0.4 is 4.90 Å². The van der Waals surface area contributed by atoms with Gasteiger partial charge in [0.2, 0.25) is 0 Å². The van der Waals surface area contributed by atoms with Gasteiger partial charge in [0.05, 0.1) is 19.7 Å². The summed E-state index contributed by atoms with van der Waals surface area (Å²) in [6.07, 6.45) is 20.9. The number of anilines is 1. The third-order valence-corrected chi connectivity index (χ3v) is 18.7. The smallest absolute Gasteiger partial charge is 0.0892 e. The van der Waals surface area contributed by atoms with E-state index in [4.69, 9.17) is 4.74 Å². The average molecular weight is 714 g/mol. The standard InChI is InChI=1S/C49H67NOSi/c1-32-21-26-42-41(29-32)43-44(50(42)11)37-19-15-16-20-38(37)46(43)52(12,28-18-14-13-17-27-51-49(8,9)10)45-39-30-33(47(2,3)4)22-24-35(39)36-25-23-34(31-40(36)45)48(5,6)7/h15-16,19-26,29-31,35-36,39-40,44-45H,13-14,17-18,27-28H2,1-12H3. The van der Waals surface area contributed by atoms with E-state index >= 15 is 0 Å². The van der Waals surface area contributed by atoms with E-state index in [0.717, 1.165) is 13.0 Å². The molecule has 0 aromatic heterocycles. The first-order chi connectivity index (χ1) is 24.4.